The third-order valence-electron chi connectivity index (χ3n) is 10.8. The van der Waals surface area contributed by atoms with E-state index in [4.69, 9.17) is 4.42 Å². The zero-order chi connectivity index (χ0) is 24.2. The lowest BCUT2D eigenvalue weighted by Gasteiger charge is -2.49. The standard InChI is InChI=1S/C35H31NO/c1-2-4-32-30(3-1)31-16-24(7-14-33(31)37-32)23-5-10-28(11-6-23)36-29-12-8-25(9-13-29)34-18-22-15-26-17-27(20-34)35(26,19-22)21-34/h1-14,16,22,26-27,36H,15,17-21H2/t22?,26?,27?,34-,35?/m1/s1. The first-order valence-electron chi connectivity index (χ1n) is 14.1. The van der Waals surface area contributed by atoms with E-state index in [0.717, 1.165) is 40.0 Å². The number of anilines is 2. The molecule has 5 atom stereocenters. The van der Waals surface area contributed by atoms with E-state index in [9.17, 15) is 0 Å². The molecule has 3 bridgehead atoms. The van der Waals surface area contributed by atoms with E-state index in [2.05, 4.69) is 84.2 Å². The largest absolute Gasteiger partial charge is 0.456 e. The van der Waals surface area contributed by atoms with Gasteiger partial charge in [0.05, 0.1) is 0 Å². The van der Waals surface area contributed by atoms with Crippen molar-refractivity contribution >= 4 is 33.3 Å². The summed E-state index contributed by atoms with van der Waals surface area (Å²) in [5, 5.41) is 5.98. The van der Waals surface area contributed by atoms with Crippen LogP contribution in [-0.2, 0) is 5.41 Å². The van der Waals surface area contributed by atoms with E-state index >= 15 is 0 Å². The summed E-state index contributed by atoms with van der Waals surface area (Å²) in [6, 6.07) is 33.0. The lowest BCUT2D eigenvalue weighted by molar-refractivity contribution is -0.000160. The highest BCUT2D eigenvalue weighted by Gasteiger charge is 2.70. The van der Waals surface area contributed by atoms with Crippen LogP contribution in [0.5, 0.6) is 0 Å². The smallest absolute Gasteiger partial charge is 0.135 e. The Balaban J connectivity index is 0.955. The van der Waals surface area contributed by atoms with Crippen LogP contribution in [0.15, 0.2) is 95.4 Å². The van der Waals surface area contributed by atoms with Crippen LogP contribution < -0.4 is 5.32 Å². The van der Waals surface area contributed by atoms with Gasteiger partial charge < -0.3 is 9.73 Å². The molecule has 1 spiro atoms. The van der Waals surface area contributed by atoms with Gasteiger partial charge in [-0.2, -0.15) is 0 Å². The molecule has 9 rings (SSSR count). The minimum atomic E-state index is 0.473. The van der Waals surface area contributed by atoms with Crippen LogP contribution in [0.3, 0.4) is 0 Å². The molecule has 4 aliphatic rings. The van der Waals surface area contributed by atoms with Crippen molar-refractivity contribution in [1.82, 2.24) is 0 Å². The van der Waals surface area contributed by atoms with Crippen LogP contribution >= 0.6 is 0 Å². The fourth-order valence-corrected chi connectivity index (χ4v) is 9.42. The maximum Gasteiger partial charge on any atom is 0.135 e. The van der Waals surface area contributed by atoms with E-state index < -0.39 is 0 Å². The highest BCUT2D eigenvalue weighted by molar-refractivity contribution is 6.06. The molecule has 2 heteroatoms. The first-order chi connectivity index (χ1) is 18.2. The summed E-state index contributed by atoms with van der Waals surface area (Å²) in [5.41, 5.74) is 9.44. The molecule has 1 N–H and O–H groups in total. The van der Waals surface area contributed by atoms with E-state index in [1.54, 1.807) is 12.0 Å². The van der Waals surface area contributed by atoms with Crippen LogP contribution in [0.1, 0.15) is 44.1 Å². The average Bonchev–Trinajstić information content (AvgIpc) is 3.46. The third kappa shape index (κ3) is 2.82. The van der Waals surface area contributed by atoms with Gasteiger partial charge in [0.25, 0.3) is 0 Å². The van der Waals surface area contributed by atoms with Gasteiger partial charge in [0.1, 0.15) is 11.2 Å². The normalized spacial score (nSPS) is 31.1. The molecule has 0 amide bonds. The van der Waals surface area contributed by atoms with Crippen molar-refractivity contribution in [3.05, 3.63) is 96.6 Å². The second-order valence-corrected chi connectivity index (χ2v) is 12.6. The lowest BCUT2D eigenvalue weighted by Crippen LogP contribution is -2.42. The van der Waals surface area contributed by atoms with Gasteiger partial charge in [-0.3, -0.25) is 0 Å². The maximum absolute atomic E-state index is 6.00. The number of hydrogen-bond acceptors (Lipinski definition) is 2. The molecule has 4 unspecified atom stereocenters. The first kappa shape index (κ1) is 20.5. The van der Waals surface area contributed by atoms with Crippen LogP contribution in [0.4, 0.5) is 11.4 Å². The Morgan fingerprint density at radius 3 is 2.27 bits per heavy atom. The number of para-hydroxylation sites is 1. The molecule has 0 saturated heterocycles. The number of fused-ring (bicyclic) bond motifs is 5. The van der Waals surface area contributed by atoms with Crippen molar-refractivity contribution in [1.29, 1.82) is 0 Å². The second-order valence-electron chi connectivity index (χ2n) is 12.6. The Morgan fingerprint density at radius 2 is 1.41 bits per heavy atom. The van der Waals surface area contributed by atoms with Crippen LogP contribution in [0, 0.1) is 23.2 Å². The van der Waals surface area contributed by atoms with Crippen molar-refractivity contribution in [2.24, 2.45) is 23.2 Å². The third-order valence-corrected chi connectivity index (χ3v) is 10.8. The van der Waals surface area contributed by atoms with Gasteiger partial charge in [-0.25, -0.2) is 0 Å². The fourth-order valence-electron chi connectivity index (χ4n) is 9.42. The zero-order valence-corrected chi connectivity index (χ0v) is 21.0. The van der Waals surface area contributed by atoms with Crippen molar-refractivity contribution in [2.75, 3.05) is 5.32 Å². The van der Waals surface area contributed by atoms with Crippen molar-refractivity contribution in [2.45, 2.75) is 43.9 Å². The molecule has 4 aliphatic carbocycles. The Hall–Kier alpha value is -3.52. The minimum absolute atomic E-state index is 0.473. The minimum Gasteiger partial charge on any atom is -0.456 e. The van der Waals surface area contributed by atoms with E-state index in [1.807, 2.05) is 12.1 Å². The van der Waals surface area contributed by atoms with Crippen molar-refractivity contribution in [3.63, 3.8) is 0 Å². The van der Waals surface area contributed by atoms with Gasteiger partial charge in [0, 0.05) is 22.1 Å². The molecule has 2 nitrogen and oxygen atoms in total. The topological polar surface area (TPSA) is 25.2 Å². The molecule has 5 aromatic rings. The van der Waals surface area contributed by atoms with Gasteiger partial charge >= 0.3 is 0 Å². The summed E-state index contributed by atoms with van der Waals surface area (Å²) in [6.07, 6.45) is 8.97. The van der Waals surface area contributed by atoms with Gasteiger partial charge in [-0.05, 0) is 126 Å². The number of benzene rings is 4. The SMILES string of the molecule is c1ccc2c(c1)oc1ccc(-c3ccc(Nc4ccc([C@]56CC7CC8CC(C5)C8(C7)C6)cc4)cc3)cc12. The fraction of sp³-hybridized carbons (Fsp3) is 0.314. The number of rotatable bonds is 4. The molecule has 0 aliphatic heterocycles. The van der Waals surface area contributed by atoms with E-state index in [1.165, 1.54) is 59.7 Å². The Labute approximate surface area is 217 Å². The molecule has 1 aromatic heterocycles. The number of nitrogens with one attached hydrogen (secondary N) is 1. The first-order valence-corrected chi connectivity index (χ1v) is 14.1. The summed E-state index contributed by atoms with van der Waals surface area (Å²) in [4.78, 5) is 0. The molecule has 4 fully saturated rings. The predicted octanol–water partition coefficient (Wildman–Crippen LogP) is 9.46. The number of furan rings is 1. The lowest BCUT2D eigenvalue weighted by atomic mass is 9.55. The quantitative estimate of drug-likeness (QED) is 0.276. The van der Waals surface area contributed by atoms with Gasteiger partial charge in [-0.15, -0.1) is 0 Å². The summed E-state index contributed by atoms with van der Waals surface area (Å²) < 4.78 is 6.00. The van der Waals surface area contributed by atoms with E-state index in [0.29, 0.717) is 5.41 Å². The maximum atomic E-state index is 6.00. The second kappa shape index (κ2) is 7.07. The summed E-state index contributed by atoms with van der Waals surface area (Å²) >= 11 is 0. The summed E-state index contributed by atoms with van der Waals surface area (Å²) in [5.74, 6) is 3.08. The summed E-state index contributed by atoms with van der Waals surface area (Å²) in [7, 11) is 0. The monoisotopic (exact) mass is 481 g/mol. The molecule has 1 heterocycles. The zero-order valence-electron chi connectivity index (χ0n) is 21.0. The van der Waals surface area contributed by atoms with Crippen LogP contribution in [0.2, 0.25) is 0 Å². The van der Waals surface area contributed by atoms with Crippen molar-refractivity contribution in [3.8, 4) is 11.1 Å². The van der Waals surface area contributed by atoms with Crippen LogP contribution in [0.25, 0.3) is 33.1 Å². The molecular weight excluding hydrogens is 450 g/mol. The van der Waals surface area contributed by atoms with Gasteiger partial charge in [0.2, 0.25) is 0 Å². The van der Waals surface area contributed by atoms with E-state index in [-0.39, 0.29) is 0 Å². The van der Waals surface area contributed by atoms with Crippen LogP contribution in [-0.4, -0.2) is 0 Å². The molecule has 4 aromatic carbocycles. The Kier molecular flexibility index (Phi) is 3.92. The molecule has 37 heavy (non-hydrogen) atoms. The molecule has 4 saturated carbocycles. The highest BCUT2D eigenvalue weighted by atomic mass is 16.3. The van der Waals surface area contributed by atoms with Gasteiger partial charge in [0.15, 0.2) is 0 Å². The van der Waals surface area contributed by atoms with Gasteiger partial charge in [-0.1, -0.05) is 48.5 Å². The average molecular weight is 482 g/mol. The predicted molar refractivity (Wildman–Crippen MR) is 151 cm³/mol. The Morgan fingerprint density at radius 1 is 0.649 bits per heavy atom. The number of hydrogen-bond donors (Lipinski definition) is 1. The molecular formula is C35H31NO. The highest BCUT2D eigenvalue weighted by Crippen LogP contribution is 2.78. The molecule has 0 radical (unpaired) electrons. The Bertz CT molecular complexity index is 1670. The summed E-state index contributed by atoms with van der Waals surface area (Å²) in [6.45, 7) is 0. The molecule has 182 valence electrons. The van der Waals surface area contributed by atoms with Crippen molar-refractivity contribution < 1.29 is 4.42 Å².